The molecule has 1 aliphatic heterocycles. The molecule has 2 amide bonds. The lowest BCUT2D eigenvalue weighted by Gasteiger charge is -2.15. The highest BCUT2D eigenvalue weighted by molar-refractivity contribution is 6.30. The molecule has 0 bridgehead atoms. The number of nitrogens with zero attached hydrogens (tertiary/aromatic N) is 3. The highest BCUT2D eigenvalue weighted by atomic mass is 35.5. The Labute approximate surface area is 137 Å². The zero-order valence-corrected chi connectivity index (χ0v) is 13.1. The van der Waals surface area contributed by atoms with E-state index in [0.717, 1.165) is 0 Å². The Hall–Kier alpha value is -2.54. The van der Waals surface area contributed by atoms with Crippen LogP contribution in [0, 0.1) is 0 Å². The number of aromatic nitrogens is 2. The van der Waals surface area contributed by atoms with Crippen molar-refractivity contribution in [2.45, 2.75) is 12.5 Å². The van der Waals surface area contributed by atoms with Gasteiger partial charge in [0.1, 0.15) is 5.75 Å². The maximum Gasteiger partial charge on any atom is 0.255 e. The number of phenols is 1. The summed E-state index contributed by atoms with van der Waals surface area (Å²) in [5.74, 6) is -0.711. The summed E-state index contributed by atoms with van der Waals surface area (Å²) in [5, 5.41) is 16.9. The highest BCUT2D eigenvalue weighted by Crippen LogP contribution is 2.24. The monoisotopic (exact) mass is 334 g/mol. The summed E-state index contributed by atoms with van der Waals surface area (Å²) in [6, 6.07) is 3.95. The lowest BCUT2D eigenvalue weighted by molar-refractivity contribution is -0.117. The molecule has 2 heterocycles. The van der Waals surface area contributed by atoms with Crippen molar-refractivity contribution in [2.75, 3.05) is 11.4 Å². The number of carbonyl (C=O) groups excluding carboxylic acids is 2. The van der Waals surface area contributed by atoms with Gasteiger partial charge in [-0.05, 0) is 18.2 Å². The average molecular weight is 335 g/mol. The maximum absolute atomic E-state index is 12.2. The lowest BCUT2D eigenvalue weighted by Crippen LogP contribution is -2.37. The first kappa shape index (κ1) is 15.4. The molecular formula is C15H15ClN4O3. The Bertz CT molecular complexity index is 774. The molecule has 1 unspecified atom stereocenters. The molecule has 0 spiro atoms. The number of phenolic OH excluding ortho intramolecular Hbond substituents is 1. The molecule has 2 N–H and O–H groups in total. The number of anilines is 1. The minimum absolute atomic E-state index is 0.0800. The largest absolute Gasteiger partial charge is 0.507 e. The number of hydrogen-bond donors (Lipinski definition) is 2. The van der Waals surface area contributed by atoms with Crippen molar-refractivity contribution in [3.63, 3.8) is 0 Å². The Morgan fingerprint density at radius 1 is 1.48 bits per heavy atom. The number of amides is 2. The molecule has 1 fully saturated rings. The number of aromatic hydroxyl groups is 1. The first-order chi connectivity index (χ1) is 10.9. The molecule has 0 aliphatic carbocycles. The molecule has 23 heavy (non-hydrogen) atoms. The van der Waals surface area contributed by atoms with E-state index in [0.29, 0.717) is 17.3 Å². The predicted molar refractivity (Wildman–Crippen MR) is 84.5 cm³/mol. The topological polar surface area (TPSA) is 87.5 Å². The van der Waals surface area contributed by atoms with Gasteiger partial charge in [-0.15, -0.1) is 0 Å². The summed E-state index contributed by atoms with van der Waals surface area (Å²) >= 11 is 5.75. The maximum atomic E-state index is 12.2. The van der Waals surface area contributed by atoms with Crippen LogP contribution in [0.5, 0.6) is 5.75 Å². The van der Waals surface area contributed by atoms with E-state index in [1.54, 1.807) is 29.0 Å². The van der Waals surface area contributed by atoms with E-state index in [9.17, 15) is 14.7 Å². The van der Waals surface area contributed by atoms with Crippen LogP contribution in [-0.2, 0) is 11.8 Å². The van der Waals surface area contributed by atoms with Crippen LogP contribution in [0.25, 0.3) is 0 Å². The fourth-order valence-electron chi connectivity index (χ4n) is 2.56. The van der Waals surface area contributed by atoms with Crippen molar-refractivity contribution in [2.24, 2.45) is 7.05 Å². The third-order valence-corrected chi connectivity index (χ3v) is 3.90. The van der Waals surface area contributed by atoms with Crippen LogP contribution in [0.4, 0.5) is 5.69 Å². The van der Waals surface area contributed by atoms with Gasteiger partial charge < -0.3 is 15.3 Å². The van der Waals surface area contributed by atoms with E-state index in [1.807, 2.05) is 0 Å². The minimum atomic E-state index is -0.440. The van der Waals surface area contributed by atoms with Gasteiger partial charge in [0.15, 0.2) is 0 Å². The fourth-order valence-corrected chi connectivity index (χ4v) is 2.73. The third-order valence-electron chi connectivity index (χ3n) is 3.67. The second kappa shape index (κ2) is 5.92. The van der Waals surface area contributed by atoms with Gasteiger partial charge in [0, 0.05) is 31.2 Å². The molecule has 1 aliphatic rings. The summed E-state index contributed by atoms with van der Waals surface area (Å²) < 4.78 is 1.61. The molecule has 7 nitrogen and oxygen atoms in total. The van der Waals surface area contributed by atoms with Crippen LogP contribution in [0.2, 0.25) is 5.02 Å². The van der Waals surface area contributed by atoms with Crippen LogP contribution < -0.4 is 10.2 Å². The standard InChI is InChI=1S/C15H15ClN4O3/c1-19-8-11(6-17-19)20-7-10(5-14(20)22)18-15(23)12-3-2-9(16)4-13(12)21/h2-4,6,8,10,21H,5,7H2,1H3,(H,18,23). The molecule has 1 saturated heterocycles. The van der Waals surface area contributed by atoms with E-state index >= 15 is 0 Å². The molecule has 0 saturated carbocycles. The smallest absolute Gasteiger partial charge is 0.255 e. The zero-order chi connectivity index (χ0) is 16.6. The van der Waals surface area contributed by atoms with Gasteiger partial charge in [0.2, 0.25) is 5.91 Å². The number of benzene rings is 1. The van der Waals surface area contributed by atoms with Crippen LogP contribution in [0.15, 0.2) is 30.6 Å². The van der Waals surface area contributed by atoms with Crippen molar-refractivity contribution in [1.29, 1.82) is 0 Å². The normalized spacial score (nSPS) is 17.6. The van der Waals surface area contributed by atoms with Crippen molar-refractivity contribution < 1.29 is 14.7 Å². The van der Waals surface area contributed by atoms with Gasteiger partial charge in [-0.1, -0.05) is 11.6 Å². The van der Waals surface area contributed by atoms with Crippen molar-refractivity contribution in [3.8, 4) is 5.75 Å². The van der Waals surface area contributed by atoms with Crippen LogP contribution in [0.3, 0.4) is 0 Å². The highest BCUT2D eigenvalue weighted by Gasteiger charge is 2.32. The Morgan fingerprint density at radius 2 is 2.26 bits per heavy atom. The lowest BCUT2D eigenvalue weighted by atomic mass is 10.1. The van der Waals surface area contributed by atoms with E-state index in [-0.39, 0.29) is 29.7 Å². The number of aryl methyl sites for hydroxylation is 1. The summed E-state index contributed by atoms with van der Waals surface area (Å²) in [5.41, 5.74) is 0.824. The summed E-state index contributed by atoms with van der Waals surface area (Å²) in [6.45, 7) is 0.366. The van der Waals surface area contributed by atoms with Gasteiger partial charge in [-0.2, -0.15) is 5.10 Å². The second-order valence-corrected chi connectivity index (χ2v) is 5.85. The van der Waals surface area contributed by atoms with Crippen LogP contribution >= 0.6 is 11.6 Å². The molecule has 2 aromatic rings. The molecule has 3 rings (SSSR count). The Morgan fingerprint density at radius 3 is 2.91 bits per heavy atom. The Kier molecular flexibility index (Phi) is 3.96. The number of carbonyl (C=O) groups is 2. The molecule has 8 heteroatoms. The zero-order valence-electron chi connectivity index (χ0n) is 12.4. The molecular weight excluding hydrogens is 320 g/mol. The second-order valence-electron chi connectivity index (χ2n) is 5.41. The summed E-state index contributed by atoms with van der Waals surface area (Å²) in [7, 11) is 1.77. The van der Waals surface area contributed by atoms with Crippen molar-refractivity contribution >= 4 is 29.1 Å². The molecule has 120 valence electrons. The third kappa shape index (κ3) is 3.14. The Balaban J connectivity index is 1.69. The van der Waals surface area contributed by atoms with E-state index in [2.05, 4.69) is 10.4 Å². The first-order valence-corrected chi connectivity index (χ1v) is 7.40. The van der Waals surface area contributed by atoms with Gasteiger partial charge >= 0.3 is 0 Å². The number of hydrogen-bond acceptors (Lipinski definition) is 4. The van der Waals surface area contributed by atoms with Gasteiger partial charge in [-0.25, -0.2) is 0 Å². The quantitative estimate of drug-likeness (QED) is 0.886. The average Bonchev–Trinajstić information content (AvgIpc) is 3.04. The summed E-state index contributed by atoms with van der Waals surface area (Å²) in [6.07, 6.45) is 3.55. The van der Waals surface area contributed by atoms with Crippen LogP contribution in [0.1, 0.15) is 16.8 Å². The summed E-state index contributed by atoms with van der Waals surface area (Å²) in [4.78, 5) is 25.9. The van der Waals surface area contributed by atoms with Crippen molar-refractivity contribution in [1.82, 2.24) is 15.1 Å². The molecule has 1 atom stereocenters. The van der Waals surface area contributed by atoms with Crippen molar-refractivity contribution in [3.05, 3.63) is 41.2 Å². The van der Waals surface area contributed by atoms with Crippen LogP contribution in [-0.4, -0.2) is 39.3 Å². The number of rotatable bonds is 3. The first-order valence-electron chi connectivity index (χ1n) is 7.02. The van der Waals surface area contributed by atoms with E-state index in [1.165, 1.54) is 18.2 Å². The number of nitrogens with one attached hydrogen (secondary N) is 1. The molecule has 1 aromatic carbocycles. The van der Waals surface area contributed by atoms with Gasteiger partial charge in [0.25, 0.3) is 5.91 Å². The number of halogens is 1. The van der Waals surface area contributed by atoms with Gasteiger partial charge in [0.05, 0.1) is 23.5 Å². The molecule has 0 radical (unpaired) electrons. The predicted octanol–water partition coefficient (Wildman–Crippen LogP) is 1.31. The fraction of sp³-hybridized carbons (Fsp3) is 0.267. The molecule has 1 aromatic heterocycles. The van der Waals surface area contributed by atoms with E-state index < -0.39 is 5.91 Å². The minimum Gasteiger partial charge on any atom is -0.507 e. The van der Waals surface area contributed by atoms with E-state index in [4.69, 9.17) is 11.6 Å². The van der Waals surface area contributed by atoms with Gasteiger partial charge in [-0.3, -0.25) is 14.3 Å². The SMILES string of the molecule is Cn1cc(N2CC(NC(=O)c3ccc(Cl)cc3O)CC2=O)cn1.